The molecule has 0 unspecified atom stereocenters. The van der Waals surface area contributed by atoms with Gasteiger partial charge >= 0.3 is 5.97 Å². The fourth-order valence-corrected chi connectivity index (χ4v) is 4.06. The van der Waals surface area contributed by atoms with E-state index in [-0.39, 0.29) is 36.5 Å². The fraction of sp³-hybridized carbons (Fsp3) is 0.684. The van der Waals surface area contributed by atoms with Crippen molar-refractivity contribution in [1.82, 2.24) is 0 Å². The number of hydrogen-bond acceptors (Lipinski definition) is 6. The van der Waals surface area contributed by atoms with E-state index in [1.165, 1.54) is 0 Å². The lowest BCUT2D eigenvalue weighted by Gasteiger charge is -2.28. The third-order valence-electron chi connectivity index (χ3n) is 5.53. The molecule has 3 aliphatic heterocycles. The Kier molecular flexibility index (Phi) is 4.88. The first-order valence-electron chi connectivity index (χ1n) is 8.80. The molecule has 6 heteroatoms. The number of Topliss-reactive ketones (excluding diaryl/α,β-unsaturated/α-hetero) is 1. The van der Waals surface area contributed by atoms with Crippen LogP contribution in [0.3, 0.4) is 0 Å². The van der Waals surface area contributed by atoms with Crippen LogP contribution in [0.25, 0.3) is 0 Å². The lowest BCUT2D eigenvalue weighted by atomic mass is 9.87. The van der Waals surface area contributed by atoms with Crippen molar-refractivity contribution in [3.05, 3.63) is 23.8 Å². The second-order valence-electron chi connectivity index (χ2n) is 7.86. The Balaban J connectivity index is 1.92. The number of ether oxygens (including phenoxy) is 2. The highest BCUT2D eigenvalue weighted by Gasteiger charge is 2.49. The molecule has 0 aromatic heterocycles. The number of esters is 1. The normalized spacial score (nSPS) is 44.2. The molecule has 138 valence electrons. The summed E-state index contributed by atoms with van der Waals surface area (Å²) in [6.45, 7) is 7.60. The van der Waals surface area contributed by atoms with Crippen LogP contribution in [-0.4, -0.2) is 52.0 Å². The Bertz CT molecular complexity index is 623. The van der Waals surface area contributed by atoms with Crippen molar-refractivity contribution in [3.63, 3.8) is 0 Å². The monoisotopic (exact) mass is 350 g/mol. The summed E-state index contributed by atoms with van der Waals surface area (Å²) in [6.07, 6.45) is 0.142. The van der Waals surface area contributed by atoms with Crippen LogP contribution in [0, 0.1) is 5.92 Å². The lowest BCUT2D eigenvalue weighted by molar-refractivity contribution is -0.144. The van der Waals surface area contributed by atoms with E-state index >= 15 is 0 Å². The van der Waals surface area contributed by atoms with Crippen molar-refractivity contribution < 1.29 is 29.3 Å². The molecule has 0 radical (unpaired) electrons. The summed E-state index contributed by atoms with van der Waals surface area (Å²) in [5.41, 5.74) is 0.338. The third-order valence-corrected chi connectivity index (χ3v) is 5.53. The summed E-state index contributed by atoms with van der Waals surface area (Å²) in [7, 11) is 0. The zero-order chi connectivity index (χ0) is 18.4. The second-order valence-corrected chi connectivity index (χ2v) is 7.86. The van der Waals surface area contributed by atoms with E-state index in [0.717, 1.165) is 5.57 Å². The maximum Gasteiger partial charge on any atom is 0.336 e. The summed E-state index contributed by atoms with van der Waals surface area (Å²) in [4.78, 5) is 24.6. The zero-order valence-corrected chi connectivity index (χ0v) is 14.7. The highest BCUT2D eigenvalue weighted by Crippen LogP contribution is 2.40. The minimum Gasteiger partial charge on any atom is -0.456 e. The summed E-state index contributed by atoms with van der Waals surface area (Å²) >= 11 is 0. The first kappa shape index (κ1) is 18.3. The van der Waals surface area contributed by atoms with Crippen LogP contribution in [0.1, 0.15) is 46.0 Å². The number of rotatable bonds is 1. The molecule has 0 aliphatic carbocycles. The summed E-state index contributed by atoms with van der Waals surface area (Å²) in [5, 5.41) is 20.8. The minimum absolute atomic E-state index is 0.00670. The highest BCUT2D eigenvalue weighted by atomic mass is 16.6. The molecule has 3 aliphatic rings. The van der Waals surface area contributed by atoms with Gasteiger partial charge in [-0.2, -0.15) is 0 Å². The average molecular weight is 350 g/mol. The van der Waals surface area contributed by atoms with Crippen molar-refractivity contribution in [2.75, 3.05) is 0 Å². The molecule has 3 heterocycles. The van der Waals surface area contributed by atoms with Gasteiger partial charge in [-0.3, -0.25) is 4.79 Å². The Morgan fingerprint density at radius 2 is 1.96 bits per heavy atom. The molecular formula is C19H26O6. The number of fused-ring (bicyclic) bond motifs is 4. The first-order valence-corrected chi connectivity index (χ1v) is 8.80. The molecule has 0 saturated carbocycles. The second kappa shape index (κ2) is 6.67. The van der Waals surface area contributed by atoms with Crippen LogP contribution in [0.5, 0.6) is 0 Å². The van der Waals surface area contributed by atoms with Crippen LogP contribution in [0.2, 0.25) is 0 Å². The smallest absolute Gasteiger partial charge is 0.336 e. The summed E-state index contributed by atoms with van der Waals surface area (Å²) in [6, 6.07) is 0. The largest absolute Gasteiger partial charge is 0.456 e. The Morgan fingerprint density at radius 3 is 2.64 bits per heavy atom. The molecule has 2 fully saturated rings. The minimum atomic E-state index is -1.02. The molecule has 3 rings (SSSR count). The molecule has 6 atom stereocenters. The van der Waals surface area contributed by atoms with Crippen LogP contribution < -0.4 is 0 Å². The van der Waals surface area contributed by atoms with E-state index in [2.05, 4.69) is 6.58 Å². The van der Waals surface area contributed by atoms with Crippen molar-refractivity contribution in [2.24, 2.45) is 5.92 Å². The van der Waals surface area contributed by atoms with Gasteiger partial charge in [-0.1, -0.05) is 18.2 Å². The van der Waals surface area contributed by atoms with Gasteiger partial charge in [-0.15, -0.1) is 0 Å². The zero-order valence-electron chi connectivity index (χ0n) is 14.7. The maximum atomic E-state index is 12.4. The topological polar surface area (TPSA) is 93.1 Å². The predicted octanol–water partition coefficient (Wildman–Crippen LogP) is 1.44. The average Bonchev–Trinajstić information content (AvgIpc) is 2.91. The summed E-state index contributed by atoms with van der Waals surface area (Å²) < 4.78 is 11.3. The van der Waals surface area contributed by atoms with E-state index in [4.69, 9.17) is 9.47 Å². The number of carbonyl (C=O) groups excluding carboxylic acids is 2. The molecule has 6 nitrogen and oxygen atoms in total. The Hall–Kier alpha value is -1.50. The van der Waals surface area contributed by atoms with Gasteiger partial charge in [0.25, 0.3) is 0 Å². The van der Waals surface area contributed by atoms with Crippen molar-refractivity contribution in [1.29, 1.82) is 0 Å². The quantitative estimate of drug-likeness (QED) is 0.549. The molecule has 0 spiro atoms. The van der Waals surface area contributed by atoms with Gasteiger partial charge in [-0.25, -0.2) is 4.79 Å². The predicted molar refractivity (Wildman–Crippen MR) is 89.7 cm³/mol. The summed E-state index contributed by atoms with van der Waals surface area (Å²) in [5.74, 6) is -0.642. The van der Waals surface area contributed by atoms with Crippen LogP contribution in [0.15, 0.2) is 23.8 Å². The van der Waals surface area contributed by atoms with Gasteiger partial charge in [0, 0.05) is 25.7 Å². The van der Waals surface area contributed by atoms with Crippen molar-refractivity contribution in [3.8, 4) is 0 Å². The number of ketones is 1. The lowest BCUT2D eigenvalue weighted by Crippen LogP contribution is -2.35. The number of carbonyl (C=O) groups is 2. The molecular weight excluding hydrogens is 324 g/mol. The van der Waals surface area contributed by atoms with E-state index in [1.54, 1.807) is 6.08 Å². The number of aliphatic hydroxyl groups is 2. The van der Waals surface area contributed by atoms with E-state index in [9.17, 15) is 19.8 Å². The van der Waals surface area contributed by atoms with Gasteiger partial charge in [0.15, 0.2) is 0 Å². The number of hydrogen-bond donors (Lipinski definition) is 2. The highest BCUT2D eigenvalue weighted by molar-refractivity contribution is 5.92. The van der Waals surface area contributed by atoms with Gasteiger partial charge in [0.2, 0.25) is 0 Å². The van der Waals surface area contributed by atoms with E-state index < -0.39 is 36.0 Å². The SMILES string of the molecule is C=C(C)[C@@H]1C/C=C2\C(=O)O[C@@H](C[C@]3(C)C[C@H](O)[C@H](CC(=O)C1)O3)[C@@H]2O. The Labute approximate surface area is 147 Å². The van der Waals surface area contributed by atoms with Crippen molar-refractivity contribution >= 4 is 11.8 Å². The van der Waals surface area contributed by atoms with Gasteiger partial charge in [0.1, 0.15) is 18.0 Å². The Morgan fingerprint density at radius 1 is 1.24 bits per heavy atom. The molecule has 4 bridgehead atoms. The van der Waals surface area contributed by atoms with Crippen LogP contribution in [0.4, 0.5) is 0 Å². The van der Waals surface area contributed by atoms with Gasteiger partial charge < -0.3 is 19.7 Å². The molecule has 0 amide bonds. The molecule has 0 aromatic rings. The number of aliphatic hydroxyl groups excluding tert-OH is 2. The van der Waals surface area contributed by atoms with Crippen LogP contribution in [-0.2, 0) is 19.1 Å². The third kappa shape index (κ3) is 3.71. The van der Waals surface area contributed by atoms with Crippen molar-refractivity contribution in [2.45, 2.75) is 76.0 Å². The first-order chi connectivity index (χ1) is 11.7. The molecule has 2 saturated heterocycles. The maximum absolute atomic E-state index is 12.4. The van der Waals surface area contributed by atoms with Gasteiger partial charge in [0.05, 0.1) is 23.4 Å². The van der Waals surface area contributed by atoms with Gasteiger partial charge in [-0.05, 0) is 26.2 Å². The fourth-order valence-electron chi connectivity index (χ4n) is 4.06. The van der Waals surface area contributed by atoms with E-state index in [0.29, 0.717) is 12.8 Å². The molecule has 0 aromatic carbocycles. The standard InChI is InChI=1S/C19H26O6/c1-10(2)11-4-5-13-17(22)16(24-18(13)23)9-19(3)8-14(21)15(25-19)7-12(20)6-11/h5,11,14-17,21-22H,1,4,6-9H2,2-3H3/b13-5-/t11-,14+,15+,16+,17-,19+/m1/s1. The molecule has 25 heavy (non-hydrogen) atoms. The van der Waals surface area contributed by atoms with Crippen LogP contribution >= 0.6 is 0 Å². The number of allylic oxidation sites excluding steroid dienone is 2. The van der Waals surface area contributed by atoms with E-state index in [1.807, 2.05) is 13.8 Å². The molecule has 2 N–H and O–H groups in total.